The lowest BCUT2D eigenvalue weighted by molar-refractivity contribution is -0.142. The van der Waals surface area contributed by atoms with Gasteiger partial charge in [0.1, 0.15) is 18.1 Å². The summed E-state index contributed by atoms with van der Waals surface area (Å²) in [4.78, 5) is 74.5. The highest BCUT2D eigenvalue weighted by atomic mass is 16.4. The molecule has 4 atom stereocenters. The van der Waals surface area contributed by atoms with E-state index in [9.17, 15) is 33.9 Å². The first-order chi connectivity index (χ1) is 17.9. The zero-order valence-corrected chi connectivity index (χ0v) is 20.7. The van der Waals surface area contributed by atoms with Crippen LogP contribution in [0, 0.1) is 0 Å². The number of aliphatic carboxylic acids is 2. The number of carbonyl (C=O) groups excluding carboxylic acids is 4. The van der Waals surface area contributed by atoms with Crippen LogP contribution in [0.5, 0.6) is 0 Å². The highest BCUT2D eigenvalue weighted by Crippen LogP contribution is 2.18. The van der Waals surface area contributed by atoms with E-state index in [1.807, 2.05) is 24.3 Å². The second-order valence-corrected chi connectivity index (χ2v) is 8.80. The summed E-state index contributed by atoms with van der Waals surface area (Å²) in [6.07, 6.45) is 0.607. The summed E-state index contributed by atoms with van der Waals surface area (Å²) in [5.74, 6) is -5.76. The molecule has 0 saturated carbocycles. The maximum Gasteiger partial charge on any atom is 0.326 e. The second-order valence-electron chi connectivity index (χ2n) is 8.80. The average Bonchev–Trinajstić information content (AvgIpc) is 3.26. The molecule has 0 aliphatic heterocycles. The summed E-state index contributed by atoms with van der Waals surface area (Å²) in [7, 11) is 0. The largest absolute Gasteiger partial charge is 0.481 e. The number of rotatable bonds is 15. The molecule has 1 aromatic heterocycles. The van der Waals surface area contributed by atoms with E-state index in [0.717, 1.165) is 16.5 Å². The number of para-hydroxylation sites is 1. The molecule has 4 amide bonds. The molecule has 14 heteroatoms. The van der Waals surface area contributed by atoms with Gasteiger partial charge in [0.2, 0.25) is 23.6 Å². The fourth-order valence-corrected chi connectivity index (χ4v) is 3.67. The van der Waals surface area contributed by atoms with Gasteiger partial charge in [-0.3, -0.25) is 24.0 Å². The van der Waals surface area contributed by atoms with Crippen LogP contribution in [0.25, 0.3) is 10.9 Å². The van der Waals surface area contributed by atoms with E-state index in [0.29, 0.717) is 0 Å². The first-order valence-corrected chi connectivity index (χ1v) is 11.8. The number of carbonyl (C=O) groups is 6. The van der Waals surface area contributed by atoms with Gasteiger partial charge in [0, 0.05) is 29.9 Å². The van der Waals surface area contributed by atoms with Crippen LogP contribution in [0.1, 0.15) is 38.2 Å². The first kappa shape index (κ1) is 29.8. The lowest BCUT2D eigenvalue weighted by Gasteiger charge is -2.23. The molecule has 206 valence electrons. The Morgan fingerprint density at radius 1 is 0.895 bits per heavy atom. The lowest BCUT2D eigenvalue weighted by Crippen LogP contribution is -2.56. The van der Waals surface area contributed by atoms with Gasteiger partial charge in [-0.2, -0.15) is 0 Å². The zero-order chi connectivity index (χ0) is 28.4. The summed E-state index contributed by atoms with van der Waals surface area (Å²) in [6.45, 7) is 1.28. The number of hydrogen-bond acceptors (Lipinski definition) is 7. The lowest BCUT2D eigenvalue weighted by atomic mass is 10.0. The van der Waals surface area contributed by atoms with Crippen LogP contribution in [0.3, 0.4) is 0 Å². The molecule has 10 N–H and O–H groups in total. The summed E-state index contributed by atoms with van der Waals surface area (Å²) in [6, 6.07) is 2.37. The third-order valence-corrected chi connectivity index (χ3v) is 5.78. The van der Waals surface area contributed by atoms with Gasteiger partial charge in [0.25, 0.3) is 0 Å². The van der Waals surface area contributed by atoms with Crippen LogP contribution in [0.4, 0.5) is 0 Å². The molecule has 14 nitrogen and oxygen atoms in total. The minimum absolute atomic E-state index is 0.143. The van der Waals surface area contributed by atoms with Crippen LogP contribution in [-0.2, 0) is 35.2 Å². The van der Waals surface area contributed by atoms with Crippen molar-refractivity contribution in [1.29, 1.82) is 0 Å². The van der Waals surface area contributed by atoms with Crippen molar-refractivity contribution in [3.05, 3.63) is 36.0 Å². The Morgan fingerprint density at radius 2 is 1.53 bits per heavy atom. The Bertz CT molecular complexity index is 1200. The maximum atomic E-state index is 12.8. The number of hydrogen-bond donors (Lipinski definition) is 8. The molecule has 0 radical (unpaired) electrons. The van der Waals surface area contributed by atoms with Gasteiger partial charge in [-0.1, -0.05) is 18.2 Å². The van der Waals surface area contributed by atoms with Crippen molar-refractivity contribution in [2.24, 2.45) is 11.5 Å². The van der Waals surface area contributed by atoms with E-state index in [1.54, 1.807) is 6.20 Å². The summed E-state index contributed by atoms with van der Waals surface area (Å²) >= 11 is 0. The van der Waals surface area contributed by atoms with Crippen LogP contribution >= 0.6 is 0 Å². The monoisotopic (exact) mass is 532 g/mol. The number of primary amides is 1. The van der Waals surface area contributed by atoms with Gasteiger partial charge in [-0.15, -0.1) is 0 Å². The van der Waals surface area contributed by atoms with Crippen molar-refractivity contribution in [2.45, 2.75) is 63.2 Å². The Kier molecular flexibility index (Phi) is 10.8. The standard InChI is InChI=1S/C24H32N6O8/c1-12(21(34)30-18(24(37)38)6-8-19(26)31)28-23(36)17(7-9-20(32)33)29-22(35)15(25)10-13-11-27-16-5-3-2-4-14(13)16/h2-5,11-12,15,17-18,27H,6-10,25H2,1H3,(H2,26,31)(H,28,36)(H,29,35)(H,30,34)(H,32,33)(H,37,38). The number of H-pyrrole nitrogens is 1. The fourth-order valence-electron chi connectivity index (χ4n) is 3.67. The van der Waals surface area contributed by atoms with Crippen LogP contribution in [-0.4, -0.2) is 74.9 Å². The van der Waals surface area contributed by atoms with Crippen LogP contribution < -0.4 is 27.4 Å². The first-order valence-electron chi connectivity index (χ1n) is 11.8. The number of nitrogens with one attached hydrogen (secondary N) is 4. The quantitative estimate of drug-likeness (QED) is 0.136. The number of aromatic amines is 1. The smallest absolute Gasteiger partial charge is 0.326 e. The van der Waals surface area contributed by atoms with Crippen molar-refractivity contribution in [3.63, 3.8) is 0 Å². The van der Waals surface area contributed by atoms with Crippen molar-refractivity contribution in [2.75, 3.05) is 0 Å². The molecule has 1 heterocycles. The number of nitrogens with two attached hydrogens (primary N) is 2. The molecule has 1 aromatic carbocycles. The molecule has 0 fully saturated rings. The third-order valence-electron chi connectivity index (χ3n) is 5.78. The Morgan fingerprint density at radius 3 is 2.16 bits per heavy atom. The van der Waals surface area contributed by atoms with E-state index in [2.05, 4.69) is 20.9 Å². The van der Waals surface area contributed by atoms with Crippen molar-refractivity contribution in [1.82, 2.24) is 20.9 Å². The minimum atomic E-state index is -1.42. The maximum absolute atomic E-state index is 12.8. The Hall–Kier alpha value is -4.46. The van der Waals surface area contributed by atoms with Gasteiger partial charge in [-0.25, -0.2) is 4.79 Å². The highest BCUT2D eigenvalue weighted by Gasteiger charge is 2.29. The predicted octanol–water partition coefficient (Wildman–Crippen LogP) is -1.27. The Balaban J connectivity index is 2.03. The number of carboxylic acid groups (broad SMARTS) is 2. The molecule has 2 aromatic rings. The number of aromatic nitrogens is 1. The van der Waals surface area contributed by atoms with Gasteiger partial charge in [0.05, 0.1) is 6.04 Å². The van der Waals surface area contributed by atoms with E-state index < -0.39 is 66.2 Å². The molecular weight excluding hydrogens is 500 g/mol. The summed E-state index contributed by atoms with van der Waals surface area (Å²) in [5, 5.41) is 26.1. The topological polar surface area (TPSA) is 247 Å². The normalized spacial score (nSPS) is 14.1. The Labute approximate surface area is 217 Å². The van der Waals surface area contributed by atoms with Gasteiger partial charge in [0.15, 0.2) is 0 Å². The fraction of sp³-hybridized carbons (Fsp3) is 0.417. The van der Waals surface area contributed by atoms with E-state index in [4.69, 9.17) is 16.6 Å². The van der Waals surface area contributed by atoms with Gasteiger partial charge in [-0.05, 0) is 37.8 Å². The van der Waals surface area contributed by atoms with Crippen LogP contribution in [0.15, 0.2) is 30.5 Å². The number of fused-ring (bicyclic) bond motifs is 1. The molecule has 38 heavy (non-hydrogen) atoms. The van der Waals surface area contributed by atoms with E-state index >= 15 is 0 Å². The number of amides is 4. The molecule has 0 spiro atoms. The molecule has 0 aliphatic carbocycles. The molecule has 0 aliphatic rings. The molecular formula is C24H32N6O8. The van der Waals surface area contributed by atoms with E-state index in [1.165, 1.54) is 6.92 Å². The number of benzene rings is 1. The predicted molar refractivity (Wildman–Crippen MR) is 134 cm³/mol. The SMILES string of the molecule is CC(NC(=O)C(CCC(=O)O)NC(=O)C(N)Cc1c[nH]c2ccccc12)C(=O)NC(CCC(N)=O)C(=O)O. The highest BCUT2D eigenvalue weighted by molar-refractivity contribution is 5.94. The number of carboxylic acids is 2. The van der Waals surface area contributed by atoms with E-state index in [-0.39, 0.29) is 25.7 Å². The summed E-state index contributed by atoms with van der Waals surface area (Å²) < 4.78 is 0. The van der Waals surface area contributed by atoms with Gasteiger partial charge >= 0.3 is 11.9 Å². The molecule has 4 unspecified atom stereocenters. The molecule has 0 saturated heterocycles. The zero-order valence-electron chi connectivity index (χ0n) is 20.7. The minimum Gasteiger partial charge on any atom is -0.481 e. The third kappa shape index (κ3) is 8.89. The van der Waals surface area contributed by atoms with Gasteiger partial charge < -0.3 is 42.6 Å². The molecule has 0 bridgehead atoms. The van der Waals surface area contributed by atoms with Crippen molar-refractivity contribution < 1.29 is 39.0 Å². The van der Waals surface area contributed by atoms with Crippen LogP contribution in [0.2, 0.25) is 0 Å². The van der Waals surface area contributed by atoms with Crippen molar-refractivity contribution in [3.8, 4) is 0 Å². The molecule has 2 rings (SSSR count). The summed E-state index contributed by atoms with van der Waals surface area (Å²) in [5.41, 5.74) is 12.7. The van der Waals surface area contributed by atoms with Crippen molar-refractivity contribution >= 4 is 46.5 Å². The average molecular weight is 533 g/mol. The second kappa shape index (κ2) is 13.7.